The molecule has 0 amide bonds. The van der Waals surface area contributed by atoms with Crippen molar-refractivity contribution >= 4 is 63.3 Å². The van der Waals surface area contributed by atoms with Crippen molar-refractivity contribution in [2.24, 2.45) is 0 Å². The fourth-order valence-corrected chi connectivity index (χ4v) is 12.8. The number of pyridine rings is 6. The number of rotatable bonds is 23. The van der Waals surface area contributed by atoms with Gasteiger partial charge in [0.05, 0.1) is 80.4 Å². The lowest BCUT2D eigenvalue weighted by Gasteiger charge is -2.13. The third-order valence-corrected chi connectivity index (χ3v) is 19.7. The van der Waals surface area contributed by atoms with Crippen LogP contribution in [-0.2, 0) is 12.8 Å². The first-order chi connectivity index (χ1) is 60.2. The van der Waals surface area contributed by atoms with Gasteiger partial charge in [-0.25, -0.2) is 86.8 Å². The number of halogens is 1. The lowest BCUT2D eigenvalue weighted by atomic mass is 10.1. The Labute approximate surface area is 725 Å². The lowest BCUT2D eigenvalue weighted by Crippen LogP contribution is -2.08. The lowest BCUT2D eigenvalue weighted by molar-refractivity contribution is 0.0686. The van der Waals surface area contributed by atoms with Crippen molar-refractivity contribution in [1.29, 1.82) is 0 Å². The van der Waals surface area contributed by atoms with Gasteiger partial charge in [0.15, 0.2) is 34.9 Å². The molecule has 12 heterocycles. The van der Waals surface area contributed by atoms with Gasteiger partial charge in [-0.05, 0) is 180 Å². The minimum Gasteiger partial charge on any atom is -0.478 e. The second-order valence-corrected chi connectivity index (χ2v) is 29.1. The van der Waals surface area contributed by atoms with Gasteiger partial charge in [-0.3, -0.25) is 0 Å². The second-order valence-electron chi connectivity index (χ2n) is 28.2. The predicted molar refractivity (Wildman–Crippen MR) is 474 cm³/mol. The first kappa shape index (κ1) is 89.7. The molecule has 0 aliphatic carbocycles. The van der Waals surface area contributed by atoms with Crippen LogP contribution in [0.1, 0.15) is 135 Å². The summed E-state index contributed by atoms with van der Waals surface area (Å²) in [5, 5.41) is 80.1. The van der Waals surface area contributed by atoms with Crippen LogP contribution >= 0.6 is 15.9 Å². The number of hydrogen-bond donors (Lipinski definition) is 7. The van der Waals surface area contributed by atoms with E-state index in [1.807, 2.05) is 168 Å². The largest absolute Gasteiger partial charge is 0.478 e. The number of nitrogens with zero attached hydrogens (tertiary/aromatic N) is 19. The Balaban J connectivity index is 0.000000146. The summed E-state index contributed by atoms with van der Waals surface area (Å²) in [7, 11) is 3.97. The highest BCUT2D eigenvalue weighted by Gasteiger charge is 2.21. The summed E-state index contributed by atoms with van der Waals surface area (Å²) < 4.78 is 10.8. The number of hydrogen-bond acceptors (Lipinski definition) is 20. The monoisotopic (exact) mass is 1740 g/mol. The topological polar surface area (TPSA) is 437 Å². The number of benzene rings is 4. The number of carboxylic acids is 6. The Morgan fingerprint density at radius 2 is 0.824 bits per heavy atom. The predicted octanol–water partition coefficient (Wildman–Crippen LogP) is 16.8. The van der Waals surface area contributed by atoms with Crippen molar-refractivity contribution < 1.29 is 59.4 Å². The van der Waals surface area contributed by atoms with Crippen LogP contribution in [-0.4, -0.2) is 169 Å². The highest BCUT2D eigenvalue weighted by Crippen LogP contribution is 2.32. The maximum absolute atomic E-state index is 11.2. The van der Waals surface area contributed by atoms with Crippen molar-refractivity contribution in [2.45, 2.75) is 80.1 Å². The van der Waals surface area contributed by atoms with E-state index in [9.17, 15) is 28.8 Å². The number of carbonyl (C=O) groups is 6. The van der Waals surface area contributed by atoms with Crippen molar-refractivity contribution in [3.05, 3.63) is 334 Å². The molecule has 33 heteroatoms. The first-order valence-corrected chi connectivity index (χ1v) is 39.9. The second kappa shape index (κ2) is 42.2. The summed E-state index contributed by atoms with van der Waals surface area (Å²) in [6, 6.07) is 57.4. The van der Waals surface area contributed by atoms with Crippen molar-refractivity contribution in [3.63, 3.8) is 0 Å². The van der Waals surface area contributed by atoms with E-state index in [-0.39, 0.29) is 33.4 Å². The van der Waals surface area contributed by atoms with E-state index < -0.39 is 35.8 Å². The van der Waals surface area contributed by atoms with Gasteiger partial charge in [-0.2, -0.15) is 25.5 Å². The maximum atomic E-state index is 11.2. The van der Waals surface area contributed by atoms with Crippen molar-refractivity contribution in [2.75, 3.05) is 24.7 Å². The SMILES string of the molecule is CCCCc1ccn(-c2cc(C(=O)O)ccn2)n1.CCCCc1ccnn1-c1cc(C(=O)O)ccn1.CN(C)c1ccc(-c2ccnn2-c2cc(C(=O)O)ccn2)cc1.Cc1c(-c2ccccc2)cnn1-c1cc(C(=O)O)ccn1.Cc1ccc(-c2c(C)c(N)nn2-c2cc(C(=O)O)ccn2)cc1.Cc1cnn(-c2cc(C(=O)O)ccn2)c1-c1ccc(Br)cc1. The summed E-state index contributed by atoms with van der Waals surface area (Å²) in [5.41, 5.74) is 21.7. The average molecular weight is 1740 g/mol. The van der Waals surface area contributed by atoms with E-state index in [0.717, 1.165) is 127 Å². The van der Waals surface area contributed by atoms with E-state index in [4.69, 9.17) is 36.4 Å². The summed E-state index contributed by atoms with van der Waals surface area (Å²) in [5.74, 6) is -2.56. The van der Waals surface area contributed by atoms with Crippen LogP contribution in [0, 0.1) is 27.7 Å². The van der Waals surface area contributed by atoms with Gasteiger partial charge in [0.25, 0.3) is 0 Å². The molecule has 0 aliphatic rings. The summed E-state index contributed by atoms with van der Waals surface area (Å²) in [4.78, 5) is 93.4. The van der Waals surface area contributed by atoms with Gasteiger partial charge in [-0.1, -0.05) is 127 Å². The number of aromatic carboxylic acids is 6. The minimum atomic E-state index is -1.01. The molecule has 0 spiro atoms. The zero-order valence-corrected chi connectivity index (χ0v) is 70.7. The number of aryl methyl sites for hydroxylation is 4. The van der Waals surface area contributed by atoms with Crippen LogP contribution in [0.4, 0.5) is 11.5 Å². The molecule has 32 nitrogen and oxygen atoms in total. The molecule has 0 saturated heterocycles. The molecule has 16 rings (SSSR count). The molecule has 0 fully saturated rings. The van der Waals surface area contributed by atoms with E-state index in [2.05, 4.69) is 90.3 Å². The van der Waals surface area contributed by atoms with Crippen molar-refractivity contribution in [1.82, 2.24) is 88.6 Å². The molecule has 634 valence electrons. The quantitative estimate of drug-likeness (QED) is 0.0313. The molecule has 0 saturated carbocycles. The Morgan fingerprint density at radius 1 is 0.400 bits per heavy atom. The maximum Gasteiger partial charge on any atom is 0.335 e. The van der Waals surface area contributed by atoms with Gasteiger partial charge >= 0.3 is 35.8 Å². The average Bonchev–Trinajstić information content (AvgIpc) is 1.65. The summed E-state index contributed by atoms with van der Waals surface area (Å²) >= 11 is 3.42. The van der Waals surface area contributed by atoms with Crippen molar-refractivity contribution in [3.8, 4) is 79.8 Å². The Bertz CT molecular complexity index is 6440. The number of nitrogen functional groups attached to an aromatic ring is 1. The molecule has 125 heavy (non-hydrogen) atoms. The highest BCUT2D eigenvalue weighted by atomic mass is 79.9. The zero-order chi connectivity index (χ0) is 89.4. The van der Waals surface area contributed by atoms with E-state index in [1.54, 1.807) is 59.1 Å². The molecular weight excluding hydrogens is 1660 g/mol. The van der Waals surface area contributed by atoms with Crippen LogP contribution in [0.15, 0.2) is 267 Å². The third kappa shape index (κ3) is 23.1. The molecule has 0 aliphatic heterocycles. The number of anilines is 2. The first-order valence-electron chi connectivity index (χ1n) is 39.1. The fourth-order valence-electron chi connectivity index (χ4n) is 12.5. The van der Waals surface area contributed by atoms with Gasteiger partial charge < -0.3 is 41.3 Å². The number of carboxylic acid groups (broad SMARTS) is 6. The highest BCUT2D eigenvalue weighted by molar-refractivity contribution is 9.10. The molecule has 0 bridgehead atoms. The number of nitrogens with two attached hydrogens (primary N) is 1. The van der Waals surface area contributed by atoms with Gasteiger partial charge in [0.1, 0.15) is 5.82 Å². The zero-order valence-electron chi connectivity index (χ0n) is 69.2. The Morgan fingerprint density at radius 3 is 1.33 bits per heavy atom. The van der Waals surface area contributed by atoms with Crippen LogP contribution in [0.3, 0.4) is 0 Å². The van der Waals surface area contributed by atoms with Crippen LogP contribution in [0.25, 0.3) is 79.8 Å². The third-order valence-electron chi connectivity index (χ3n) is 19.2. The summed E-state index contributed by atoms with van der Waals surface area (Å²) in [6.45, 7) is 12.1. The minimum absolute atomic E-state index is 0.150. The molecular formula is C92H87BrN20O12. The Hall–Kier alpha value is -16.1. The normalized spacial score (nSPS) is 10.6. The number of aromatic nitrogens is 18. The van der Waals surface area contributed by atoms with Crippen LogP contribution < -0.4 is 10.6 Å². The van der Waals surface area contributed by atoms with Crippen LogP contribution in [0.2, 0.25) is 0 Å². The smallest absolute Gasteiger partial charge is 0.335 e. The molecule has 0 radical (unpaired) electrons. The molecule has 0 atom stereocenters. The van der Waals surface area contributed by atoms with Gasteiger partial charge in [0, 0.05) is 107 Å². The van der Waals surface area contributed by atoms with Crippen LogP contribution in [0.5, 0.6) is 0 Å². The molecule has 0 unspecified atom stereocenters. The van der Waals surface area contributed by atoms with Gasteiger partial charge in [-0.15, -0.1) is 5.10 Å². The molecule has 4 aromatic carbocycles. The van der Waals surface area contributed by atoms with E-state index in [1.165, 1.54) is 110 Å². The molecule has 12 aromatic heterocycles. The van der Waals surface area contributed by atoms with E-state index >= 15 is 0 Å². The molecule has 16 aromatic rings. The summed E-state index contributed by atoms with van der Waals surface area (Å²) in [6.07, 6.45) is 23.8. The fraction of sp³-hybridized carbons (Fsp3) is 0.152. The molecule has 8 N–H and O–H groups in total. The van der Waals surface area contributed by atoms with E-state index in [0.29, 0.717) is 40.7 Å². The standard InChI is InChI=1S/2C17H16N4O2.C16H12BrN3O2.C16H13N3O2.2C13H15N3O2/c1-20(2)14-5-3-12(4-6-14)15-8-10-19-21(15)16-11-13(17(22)23)7-9-18-16;1-10-3-5-12(6-4-10)15-11(2)16(18)20-21(15)14-9-13(17(22)23)7-8-19-14;1-10-9-19-20(14-8-12(16(21)22)6-7-18-14)15(10)11-2-4-13(17)5-3-11;1-11-14(12-5-3-2-4-6-12)10-18-19(11)15-9-13(16(20)21)7-8-17-15;1-2-3-4-11-6-8-16(15-11)12-9-10(13(17)18)5-7-14-12;1-2-3-4-11-6-8-15-16(11)12-9-10(13(17)18)5-7-14-12/h3-11H,1-2H3,(H,22,23);3-9H,1-2H3,(H2,18,20)(H,22,23);2-9H,1H3,(H,21,22);2-10H,1H3,(H,20,21);2*5-9H,2-4H2,1H3,(H,17,18). The number of unbranched alkanes of at least 4 members (excludes halogenated alkanes) is 2. The Kier molecular flexibility index (Phi) is 30.3. The van der Waals surface area contributed by atoms with Gasteiger partial charge in [0.2, 0.25) is 0 Å².